The summed E-state index contributed by atoms with van der Waals surface area (Å²) in [7, 11) is 1.60. The minimum Gasteiger partial charge on any atom is -0.497 e. The van der Waals surface area contributed by atoms with Crippen LogP contribution in [0.4, 0.5) is 11.5 Å². The maximum Gasteiger partial charge on any atom is 0.255 e. The highest BCUT2D eigenvalue weighted by atomic mass is 35.5. The van der Waals surface area contributed by atoms with Crippen LogP contribution >= 0.6 is 11.6 Å². The second-order valence-electron chi connectivity index (χ2n) is 5.92. The number of hydrogen-bond acceptors (Lipinski definition) is 4. The molecule has 0 radical (unpaired) electrons. The van der Waals surface area contributed by atoms with Gasteiger partial charge in [-0.15, -0.1) is 0 Å². The third-order valence-corrected chi connectivity index (χ3v) is 4.21. The van der Waals surface area contributed by atoms with E-state index in [0.29, 0.717) is 23.6 Å². The second kappa shape index (κ2) is 9.05. The van der Waals surface area contributed by atoms with Gasteiger partial charge in [-0.2, -0.15) is 0 Å². The molecule has 27 heavy (non-hydrogen) atoms. The smallest absolute Gasteiger partial charge is 0.255 e. The lowest BCUT2D eigenvalue weighted by Crippen LogP contribution is -2.13. The third-order valence-electron chi connectivity index (χ3n) is 3.98. The van der Waals surface area contributed by atoms with Gasteiger partial charge in [0.2, 0.25) is 0 Å². The summed E-state index contributed by atoms with van der Waals surface area (Å²) in [6.07, 6.45) is 2.43. The molecule has 2 N–H and O–H groups in total. The molecular weight excluding hydrogens is 362 g/mol. The summed E-state index contributed by atoms with van der Waals surface area (Å²) in [4.78, 5) is 16.7. The molecule has 0 saturated carbocycles. The number of carbonyl (C=O) groups excluding carboxylic acids is 1. The molecule has 3 aromatic rings. The van der Waals surface area contributed by atoms with Crippen molar-refractivity contribution >= 4 is 29.0 Å². The summed E-state index contributed by atoms with van der Waals surface area (Å²) in [5.41, 5.74) is 2.38. The maximum absolute atomic E-state index is 12.4. The number of aromatic nitrogens is 1. The second-order valence-corrected chi connectivity index (χ2v) is 6.36. The van der Waals surface area contributed by atoms with Crippen LogP contribution < -0.4 is 15.4 Å². The Bertz CT molecular complexity index is 913. The van der Waals surface area contributed by atoms with Crippen molar-refractivity contribution < 1.29 is 9.53 Å². The normalized spacial score (nSPS) is 10.3. The van der Waals surface area contributed by atoms with E-state index < -0.39 is 0 Å². The van der Waals surface area contributed by atoms with Gasteiger partial charge < -0.3 is 15.4 Å². The van der Waals surface area contributed by atoms with E-state index in [4.69, 9.17) is 16.3 Å². The van der Waals surface area contributed by atoms with Crippen LogP contribution in [0.25, 0.3) is 0 Å². The van der Waals surface area contributed by atoms with Gasteiger partial charge in [-0.05, 0) is 60.5 Å². The molecule has 2 aromatic carbocycles. The van der Waals surface area contributed by atoms with Crippen molar-refractivity contribution in [1.82, 2.24) is 4.98 Å². The SMILES string of the molecule is COc1ccc(NC(=O)c2ccnc(NCCc3cccc(Cl)c3)c2)cc1. The van der Waals surface area contributed by atoms with Gasteiger partial charge in [-0.25, -0.2) is 4.98 Å². The summed E-state index contributed by atoms with van der Waals surface area (Å²) < 4.78 is 5.11. The molecule has 0 bridgehead atoms. The topological polar surface area (TPSA) is 63.2 Å². The lowest BCUT2D eigenvalue weighted by atomic mass is 10.1. The molecule has 0 aliphatic heterocycles. The molecule has 1 aromatic heterocycles. The molecule has 0 saturated heterocycles. The number of nitrogens with one attached hydrogen (secondary N) is 2. The number of hydrogen-bond donors (Lipinski definition) is 2. The molecule has 5 nitrogen and oxygen atoms in total. The van der Waals surface area contributed by atoms with Crippen molar-refractivity contribution in [2.75, 3.05) is 24.3 Å². The summed E-state index contributed by atoms with van der Waals surface area (Å²) in [6, 6.07) is 18.3. The molecule has 0 unspecified atom stereocenters. The Morgan fingerprint density at radius 2 is 1.93 bits per heavy atom. The molecular formula is C21H20ClN3O2. The van der Waals surface area contributed by atoms with Gasteiger partial charge in [0, 0.05) is 29.0 Å². The Morgan fingerprint density at radius 3 is 2.67 bits per heavy atom. The quantitative estimate of drug-likeness (QED) is 0.625. The molecule has 0 atom stereocenters. The van der Waals surface area contributed by atoms with E-state index in [2.05, 4.69) is 15.6 Å². The predicted octanol–water partition coefficient (Wildman–Crippen LogP) is 4.65. The standard InChI is InChI=1S/C21H20ClN3O2/c1-27-19-7-5-18(6-8-19)25-21(26)16-10-12-24-20(14-16)23-11-9-15-3-2-4-17(22)13-15/h2-8,10,12-14H,9,11H2,1H3,(H,23,24)(H,25,26). The first-order valence-electron chi connectivity index (χ1n) is 8.54. The van der Waals surface area contributed by atoms with Crippen LogP contribution in [0.2, 0.25) is 5.02 Å². The highest BCUT2D eigenvalue weighted by Gasteiger charge is 2.08. The fraction of sp³-hybridized carbons (Fsp3) is 0.143. The minimum absolute atomic E-state index is 0.194. The van der Waals surface area contributed by atoms with E-state index in [0.717, 1.165) is 22.8 Å². The zero-order chi connectivity index (χ0) is 19.1. The van der Waals surface area contributed by atoms with Crippen molar-refractivity contribution in [3.63, 3.8) is 0 Å². The van der Waals surface area contributed by atoms with Gasteiger partial charge in [0.1, 0.15) is 11.6 Å². The highest BCUT2D eigenvalue weighted by molar-refractivity contribution is 6.30. The molecule has 1 amide bonds. The largest absolute Gasteiger partial charge is 0.497 e. The first-order chi connectivity index (χ1) is 13.1. The first-order valence-corrected chi connectivity index (χ1v) is 8.91. The van der Waals surface area contributed by atoms with Crippen molar-refractivity contribution in [3.8, 4) is 5.75 Å². The lowest BCUT2D eigenvalue weighted by molar-refractivity contribution is 0.102. The van der Waals surface area contributed by atoms with Crippen LogP contribution in [0.3, 0.4) is 0 Å². The zero-order valence-electron chi connectivity index (χ0n) is 14.9. The Labute approximate surface area is 163 Å². The molecule has 0 aliphatic carbocycles. The summed E-state index contributed by atoms with van der Waals surface area (Å²) in [5, 5.41) is 6.82. The lowest BCUT2D eigenvalue weighted by Gasteiger charge is -2.09. The van der Waals surface area contributed by atoms with E-state index in [1.54, 1.807) is 49.7 Å². The number of pyridine rings is 1. The number of methoxy groups -OCH3 is 1. The van der Waals surface area contributed by atoms with Gasteiger partial charge in [-0.1, -0.05) is 23.7 Å². The fourth-order valence-corrected chi connectivity index (χ4v) is 2.79. The van der Waals surface area contributed by atoms with Crippen LogP contribution in [-0.2, 0) is 6.42 Å². The predicted molar refractivity (Wildman–Crippen MR) is 109 cm³/mol. The van der Waals surface area contributed by atoms with Gasteiger partial charge in [-0.3, -0.25) is 4.79 Å². The van der Waals surface area contributed by atoms with Crippen molar-refractivity contribution in [2.24, 2.45) is 0 Å². The van der Waals surface area contributed by atoms with Gasteiger partial charge in [0.05, 0.1) is 7.11 Å². The van der Waals surface area contributed by atoms with Crippen LogP contribution in [0.15, 0.2) is 66.9 Å². The van der Waals surface area contributed by atoms with Crippen LogP contribution in [0, 0.1) is 0 Å². The van der Waals surface area contributed by atoms with Crippen molar-refractivity contribution in [2.45, 2.75) is 6.42 Å². The van der Waals surface area contributed by atoms with Crippen molar-refractivity contribution in [1.29, 1.82) is 0 Å². The monoisotopic (exact) mass is 381 g/mol. The van der Waals surface area contributed by atoms with E-state index in [-0.39, 0.29) is 5.91 Å². The molecule has 0 spiro atoms. The number of ether oxygens (including phenoxy) is 1. The average molecular weight is 382 g/mol. The molecule has 1 heterocycles. The Hall–Kier alpha value is -3.05. The number of carbonyl (C=O) groups is 1. The summed E-state index contributed by atoms with van der Waals surface area (Å²) >= 11 is 6.00. The number of benzene rings is 2. The number of anilines is 2. The summed E-state index contributed by atoms with van der Waals surface area (Å²) in [5.74, 6) is 1.20. The number of amides is 1. The molecule has 6 heteroatoms. The van der Waals surface area contributed by atoms with E-state index >= 15 is 0 Å². The van der Waals surface area contributed by atoms with Gasteiger partial charge in [0.15, 0.2) is 0 Å². The molecule has 0 fully saturated rings. The highest BCUT2D eigenvalue weighted by Crippen LogP contribution is 2.17. The van der Waals surface area contributed by atoms with E-state index in [1.807, 2.05) is 24.3 Å². The maximum atomic E-state index is 12.4. The van der Waals surface area contributed by atoms with Crippen molar-refractivity contribution in [3.05, 3.63) is 83.0 Å². The summed E-state index contributed by atoms with van der Waals surface area (Å²) in [6.45, 7) is 0.691. The van der Waals surface area contributed by atoms with E-state index in [1.165, 1.54) is 0 Å². The van der Waals surface area contributed by atoms with Crippen LogP contribution in [-0.4, -0.2) is 24.5 Å². The number of nitrogens with zero attached hydrogens (tertiary/aromatic N) is 1. The fourth-order valence-electron chi connectivity index (χ4n) is 2.57. The molecule has 3 rings (SSSR count). The first kappa shape index (κ1) is 18.7. The molecule has 0 aliphatic rings. The van der Waals surface area contributed by atoms with Crippen LogP contribution in [0.5, 0.6) is 5.75 Å². The minimum atomic E-state index is -0.194. The number of rotatable bonds is 7. The number of halogens is 1. The van der Waals surface area contributed by atoms with E-state index in [9.17, 15) is 4.79 Å². The Balaban J connectivity index is 1.58. The van der Waals surface area contributed by atoms with Gasteiger partial charge in [0.25, 0.3) is 5.91 Å². The Morgan fingerprint density at radius 1 is 1.11 bits per heavy atom. The Kier molecular flexibility index (Phi) is 6.28. The van der Waals surface area contributed by atoms with Crippen LogP contribution in [0.1, 0.15) is 15.9 Å². The average Bonchev–Trinajstić information content (AvgIpc) is 2.69. The third kappa shape index (κ3) is 5.46. The zero-order valence-corrected chi connectivity index (χ0v) is 15.7. The molecule has 138 valence electrons. The van der Waals surface area contributed by atoms with Gasteiger partial charge >= 0.3 is 0 Å².